The number of ether oxygens (including phenoxy) is 2. The van der Waals surface area contributed by atoms with Crippen LogP contribution < -0.4 is 20.1 Å². The van der Waals surface area contributed by atoms with Gasteiger partial charge in [0.15, 0.2) is 16.6 Å². The number of hydrogen-bond donors (Lipinski definition) is 2. The number of unbranched alkanes of at least 4 members (excludes halogenated alkanes) is 9. The lowest BCUT2D eigenvalue weighted by Crippen LogP contribution is -2.29. The maximum Gasteiger partial charge on any atom is 0.231 e. The highest BCUT2D eigenvalue weighted by atomic mass is 32.1. The molecule has 0 saturated carbocycles. The standard InChI is InChI=1S/C20H32N2O2S/c1-2-3-4-5-6-7-8-9-10-11-14-21-20(25)22-17-12-13-18-19(15-17)24-16-23-18/h12-13,15H,2-11,14,16H2,1H3,(H2,21,22,25). The van der Waals surface area contributed by atoms with Crippen molar-refractivity contribution in [2.24, 2.45) is 0 Å². The zero-order chi connectivity index (χ0) is 17.7. The third-order valence-electron chi connectivity index (χ3n) is 4.45. The van der Waals surface area contributed by atoms with Gasteiger partial charge in [0.1, 0.15) is 0 Å². The summed E-state index contributed by atoms with van der Waals surface area (Å²) in [4.78, 5) is 0. The van der Waals surface area contributed by atoms with E-state index in [1.807, 2.05) is 18.2 Å². The summed E-state index contributed by atoms with van der Waals surface area (Å²) in [5.41, 5.74) is 0.921. The van der Waals surface area contributed by atoms with Gasteiger partial charge in [-0.15, -0.1) is 0 Å². The normalized spacial score (nSPS) is 12.2. The maximum atomic E-state index is 5.37. The van der Waals surface area contributed by atoms with E-state index < -0.39 is 0 Å². The first-order valence-electron chi connectivity index (χ1n) is 9.74. The number of hydrogen-bond acceptors (Lipinski definition) is 3. The molecular formula is C20H32N2O2S. The summed E-state index contributed by atoms with van der Waals surface area (Å²) in [6.45, 7) is 3.48. The molecule has 0 spiro atoms. The first-order valence-corrected chi connectivity index (χ1v) is 10.1. The van der Waals surface area contributed by atoms with Gasteiger partial charge in [-0.05, 0) is 30.8 Å². The van der Waals surface area contributed by atoms with Gasteiger partial charge >= 0.3 is 0 Å². The maximum absolute atomic E-state index is 5.37. The highest BCUT2D eigenvalue weighted by molar-refractivity contribution is 7.80. The van der Waals surface area contributed by atoms with Crippen LogP contribution in [0, 0.1) is 0 Å². The van der Waals surface area contributed by atoms with Crippen LogP contribution in [0.15, 0.2) is 18.2 Å². The summed E-state index contributed by atoms with van der Waals surface area (Å²) in [5.74, 6) is 1.55. The average molecular weight is 365 g/mol. The molecule has 0 aromatic heterocycles. The number of nitrogens with one attached hydrogen (secondary N) is 2. The SMILES string of the molecule is CCCCCCCCCCCCNC(=S)Nc1ccc2c(c1)OCO2. The van der Waals surface area contributed by atoms with E-state index in [1.54, 1.807) is 0 Å². The number of benzene rings is 1. The molecule has 0 atom stereocenters. The van der Waals surface area contributed by atoms with Crippen molar-refractivity contribution in [1.82, 2.24) is 5.32 Å². The van der Waals surface area contributed by atoms with Crippen molar-refractivity contribution in [2.75, 3.05) is 18.7 Å². The van der Waals surface area contributed by atoms with Crippen LogP contribution in [0.3, 0.4) is 0 Å². The summed E-state index contributed by atoms with van der Waals surface area (Å²) >= 11 is 5.34. The van der Waals surface area contributed by atoms with Gasteiger partial charge in [0.05, 0.1) is 0 Å². The van der Waals surface area contributed by atoms with E-state index in [2.05, 4.69) is 17.6 Å². The van der Waals surface area contributed by atoms with Crippen molar-refractivity contribution in [3.05, 3.63) is 18.2 Å². The number of thiocarbonyl (C=S) groups is 1. The van der Waals surface area contributed by atoms with E-state index in [1.165, 1.54) is 64.2 Å². The van der Waals surface area contributed by atoms with Crippen LogP contribution in [-0.4, -0.2) is 18.5 Å². The summed E-state index contributed by atoms with van der Waals surface area (Å²) in [7, 11) is 0. The van der Waals surface area contributed by atoms with Crippen LogP contribution in [0.5, 0.6) is 11.5 Å². The quantitative estimate of drug-likeness (QED) is 0.372. The molecule has 5 heteroatoms. The molecule has 2 N–H and O–H groups in total. The minimum atomic E-state index is 0.292. The second kappa shape index (κ2) is 12.0. The Hall–Kier alpha value is -1.49. The highest BCUT2D eigenvalue weighted by Crippen LogP contribution is 2.34. The van der Waals surface area contributed by atoms with Crippen LogP contribution in [0.25, 0.3) is 0 Å². The zero-order valence-corrected chi connectivity index (χ0v) is 16.3. The summed E-state index contributed by atoms with van der Waals surface area (Å²) in [5, 5.41) is 7.13. The monoisotopic (exact) mass is 364 g/mol. The Balaban J connectivity index is 1.45. The molecule has 25 heavy (non-hydrogen) atoms. The lowest BCUT2D eigenvalue weighted by atomic mass is 10.1. The second-order valence-corrected chi connectivity index (χ2v) is 7.04. The summed E-state index contributed by atoms with van der Waals surface area (Å²) < 4.78 is 10.7. The molecule has 1 aliphatic heterocycles. The largest absolute Gasteiger partial charge is 0.454 e. The van der Waals surface area contributed by atoms with Gasteiger partial charge in [-0.3, -0.25) is 0 Å². The minimum absolute atomic E-state index is 0.292. The van der Waals surface area contributed by atoms with Crippen LogP contribution in [0.4, 0.5) is 5.69 Å². The summed E-state index contributed by atoms with van der Waals surface area (Å²) in [6.07, 6.45) is 13.5. The van der Waals surface area contributed by atoms with Gasteiger partial charge in [-0.25, -0.2) is 0 Å². The van der Waals surface area contributed by atoms with Crippen molar-refractivity contribution >= 4 is 23.0 Å². The van der Waals surface area contributed by atoms with Crippen molar-refractivity contribution in [3.63, 3.8) is 0 Å². The first-order chi connectivity index (χ1) is 12.3. The predicted molar refractivity (Wildman–Crippen MR) is 109 cm³/mol. The van der Waals surface area contributed by atoms with Crippen LogP contribution in [-0.2, 0) is 0 Å². The van der Waals surface area contributed by atoms with Crippen LogP contribution in [0.1, 0.15) is 71.1 Å². The third-order valence-corrected chi connectivity index (χ3v) is 4.69. The molecule has 0 unspecified atom stereocenters. The van der Waals surface area contributed by atoms with E-state index in [0.717, 1.165) is 23.7 Å². The van der Waals surface area contributed by atoms with E-state index in [4.69, 9.17) is 21.7 Å². The van der Waals surface area contributed by atoms with Gasteiger partial charge in [-0.1, -0.05) is 64.7 Å². The fourth-order valence-electron chi connectivity index (χ4n) is 2.96. The molecule has 1 heterocycles. The molecular weight excluding hydrogens is 332 g/mol. The summed E-state index contributed by atoms with van der Waals surface area (Å²) in [6, 6.07) is 5.76. The zero-order valence-electron chi connectivity index (χ0n) is 15.4. The van der Waals surface area contributed by atoms with Crippen molar-refractivity contribution < 1.29 is 9.47 Å². The van der Waals surface area contributed by atoms with Gasteiger partial charge in [0.2, 0.25) is 6.79 Å². The lowest BCUT2D eigenvalue weighted by molar-refractivity contribution is 0.174. The Morgan fingerprint density at radius 3 is 2.28 bits per heavy atom. The molecule has 1 aromatic rings. The fourth-order valence-corrected chi connectivity index (χ4v) is 3.18. The smallest absolute Gasteiger partial charge is 0.231 e. The molecule has 0 saturated heterocycles. The Labute approximate surface area is 157 Å². The lowest BCUT2D eigenvalue weighted by Gasteiger charge is -2.11. The van der Waals surface area contributed by atoms with E-state index >= 15 is 0 Å². The Bertz CT molecular complexity index is 522. The van der Waals surface area contributed by atoms with Gasteiger partial charge in [-0.2, -0.15) is 0 Å². The van der Waals surface area contributed by atoms with Gasteiger partial charge in [0, 0.05) is 18.3 Å². The molecule has 2 rings (SSSR count). The van der Waals surface area contributed by atoms with E-state index in [0.29, 0.717) is 11.9 Å². The topological polar surface area (TPSA) is 42.5 Å². The first kappa shape index (κ1) is 19.8. The van der Waals surface area contributed by atoms with Crippen molar-refractivity contribution in [1.29, 1.82) is 0 Å². The van der Waals surface area contributed by atoms with Crippen molar-refractivity contribution in [2.45, 2.75) is 71.1 Å². The third kappa shape index (κ3) is 7.95. The van der Waals surface area contributed by atoms with Crippen molar-refractivity contribution in [3.8, 4) is 11.5 Å². The Kier molecular flexibility index (Phi) is 9.49. The minimum Gasteiger partial charge on any atom is -0.454 e. The Morgan fingerprint density at radius 2 is 1.56 bits per heavy atom. The van der Waals surface area contributed by atoms with Gasteiger partial charge in [0.25, 0.3) is 0 Å². The fraction of sp³-hybridized carbons (Fsp3) is 0.650. The number of anilines is 1. The molecule has 140 valence electrons. The van der Waals surface area contributed by atoms with Gasteiger partial charge < -0.3 is 20.1 Å². The second-order valence-electron chi connectivity index (χ2n) is 6.63. The predicted octanol–water partition coefficient (Wildman–Crippen LogP) is 5.62. The molecule has 1 aromatic carbocycles. The Morgan fingerprint density at radius 1 is 0.920 bits per heavy atom. The molecule has 0 radical (unpaired) electrons. The van der Waals surface area contributed by atoms with E-state index in [-0.39, 0.29) is 0 Å². The molecule has 0 aliphatic carbocycles. The molecule has 0 fully saturated rings. The van der Waals surface area contributed by atoms with E-state index in [9.17, 15) is 0 Å². The number of fused-ring (bicyclic) bond motifs is 1. The molecule has 0 amide bonds. The van der Waals surface area contributed by atoms with Crippen LogP contribution in [0.2, 0.25) is 0 Å². The number of rotatable bonds is 12. The molecule has 4 nitrogen and oxygen atoms in total. The van der Waals surface area contributed by atoms with Crippen LogP contribution >= 0.6 is 12.2 Å². The highest BCUT2D eigenvalue weighted by Gasteiger charge is 2.13. The average Bonchev–Trinajstić information content (AvgIpc) is 3.07. The molecule has 1 aliphatic rings. The molecule has 0 bridgehead atoms.